The van der Waals surface area contributed by atoms with Crippen LogP contribution >= 0.6 is 11.8 Å². The van der Waals surface area contributed by atoms with Crippen LogP contribution in [0.25, 0.3) is 0 Å². The van der Waals surface area contributed by atoms with Crippen molar-refractivity contribution in [1.29, 1.82) is 0 Å². The van der Waals surface area contributed by atoms with Gasteiger partial charge in [-0.15, -0.1) is 0 Å². The first-order valence-corrected chi connectivity index (χ1v) is 15.8. The van der Waals surface area contributed by atoms with E-state index in [0.717, 1.165) is 45.0 Å². The summed E-state index contributed by atoms with van der Waals surface area (Å²) >= 11 is 1.09. The van der Waals surface area contributed by atoms with Gasteiger partial charge in [0, 0.05) is 11.0 Å². The molecule has 0 heterocycles. The number of nitrogens with zero attached hydrogens (tertiary/aromatic N) is 1. The lowest BCUT2D eigenvalue weighted by Gasteiger charge is -2.17. The average Bonchev–Trinajstić information content (AvgIpc) is 2.87. The Morgan fingerprint density at radius 3 is 1.52 bits per heavy atom. The second-order valence-electron chi connectivity index (χ2n) is 9.33. The predicted molar refractivity (Wildman–Crippen MR) is 157 cm³/mol. The molecular formula is C28H27N3O6S3. The molecule has 0 spiro atoms. The summed E-state index contributed by atoms with van der Waals surface area (Å²) in [5.41, 5.74) is 2.77. The summed E-state index contributed by atoms with van der Waals surface area (Å²) in [5.74, 6) is 0. The first kappa shape index (κ1) is 29.1. The number of benzene rings is 4. The number of hydrogen-bond acceptors (Lipinski definition) is 7. The van der Waals surface area contributed by atoms with Crippen molar-refractivity contribution in [2.75, 3.05) is 9.44 Å². The fraction of sp³-hybridized carbons (Fsp3) is 0.143. The molecule has 4 rings (SSSR count). The summed E-state index contributed by atoms with van der Waals surface area (Å²) in [6.45, 7) is 7.41. The number of rotatable bonds is 9. The van der Waals surface area contributed by atoms with E-state index in [4.69, 9.17) is 0 Å². The van der Waals surface area contributed by atoms with Crippen molar-refractivity contribution in [2.24, 2.45) is 0 Å². The molecule has 4 aromatic rings. The van der Waals surface area contributed by atoms with Crippen LogP contribution in [-0.4, -0.2) is 21.8 Å². The van der Waals surface area contributed by atoms with Crippen molar-refractivity contribution < 1.29 is 21.8 Å². The van der Waals surface area contributed by atoms with E-state index in [1.165, 1.54) is 30.3 Å². The minimum absolute atomic E-state index is 0.0487. The zero-order valence-corrected chi connectivity index (χ0v) is 24.6. The second kappa shape index (κ2) is 11.3. The van der Waals surface area contributed by atoms with Gasteiger partial charge in [-0.2, -0.15) is 0 Å². The lowest BCUT2D eigenvalue weighted by molar-refractivity contribution is -0.387. The monoisotopic (exact) mass is 597 g/mol. The van der Waals surface area contributed by atoms with Gasteiger partial charge >= 0.3 is 0 Å². The molecule has 0 amide bonds. The van der Waals surface area contributed by atoms with Crippen molar-refractivity contribution in [1.82, 2.24) is 0 Å². The van der Waals surface area contributed by atoms with E-state index in [9.17, 15) is 26.9 Å². The molecule has 0 aliphatic carbocycles. The largest absolute Gasteiger partial charge is 0.285 e. The Labute approximate surface area is 237 Å². The van der Waals surface area contributed by atoms with Crippen LogP contribution in [0.3, 0.4) is 0 Å². The van der Waals surface area contributed by atoms with Gasteiger partial charge < -0.3 is 0 Å². The van der Waals surface area contributed by atoms with Crippen LogP contribution in [0.15, 0.2) is 98.4 Å². The van der Waals surface area contributed by atoms with Crippen LogP contribution in [0.1, 0.15) is 22.3 Å². The van der Waals surface area contributed by atoms with E-state index < -0.39 is 25.0 Å². The molecule has 0 saturated heterocycles. The Kier molecular flexibility index (Phi) is 8.24. The molecule has 40 heavy (non-hydrogen) atoms. The Bertz CT molecular complexity index is 1800. The number of nitrogens with one attached hydrogen (secondary N) is 2. The predicted octanol–water partition coefficient (Wildman–Crippen LogP) is 6.58. The first-order chi connectivity index (χ1) is 18.7. The lowest BCUT2D eigenvalue weighted by atomic mass is 10.2. The van der Waals surface area contributed by atoms with Gasteiger partial charge in [0.15, 0.2) is 0 Å². The van der Waals surface area contributed by atoms with E-state index in [1.54, 1.807) is 31.2 Å². The summed E-state index contributed by atoms with van der Waals surface area (Å²) in [7, 11) is -8.40. The third-order valence-electron chi connectivity index (χ3n) is 6.00. The molecule has 9 nitrogen and oxygen atoms in total. The van der Waals surface area contributed by atoms with Gasteiger partial charge in [0.25, 0.3) is 25.7 Å². The highest BCUT2D eigenvalue weighted by Gasteiger charge is 2.26. The highest BCUT2D eigenvalue weighted by Crippen LogP contribution is 2.42. The topological polar surface area (TPSA) is 135 Å². The van der Waals surface area contributed by atoms with Crippen LogP contribution in [-0.2, 0) is 20.0 Å². The summed E-state index contributed by atoms with van der Waals surface area (Å²) in [5, 5.41) is 12.1. The van der Waals surface area contributed by atoms with E-state index in [1.807, 2.05) is 39.0 Å². The van der Waals surface area contributed by atoms with Gasteiger partial charge in [-0.05, 0) is 69.7 Å². The van der Waals surface area contributed by atoms with Crippen LogP contribution in [0.2, 0.25) is 0 Å². The van der Waals surface area contributed by atoms with E-state index in [0.29, 0.717) is 0 Å². The molecule has 0 radical (unpaired) electrons. The standard InChI is InChI=1S/C28H27N3O6S3/c1-18-5-10-22(11-6-18)39(34,35)29-24-16-26(31(32)33)28(38-27-14-9-20(3)15-21(27)4)17-25(24)30-40(36,37)23-12-7-19(2)8-13-23/h5-17,29-30H,1-4H3. The quantitative estimate of drug-likeness (QED) is 0.164. The summed E-state index contributed by atoms with van der Waals surface area (Å²) in [6.07, 6.45) is 0. The van der Waals surface area contributed by atoms with Crippen molar-refractivity contribution >= 4 is 48.9 Å². The fourth-order valence-corrected chi connectivity index (χ4v) is 6.99. The van der Waals surface area contributed by atoms with E-state index in [2.05, 4.69) is 9.44 Å². The highest BCUT2D eigenvalue weighted by molar-refractivity contribution is 7.99. The highest BCUT2D eigenvalue weighted by atomic mass is 32.2. The zero-order valence-electron chi connectivity index (χ0n) is 22.1. The summed E-state index contributed by atoms with van der Waals surface area (Å²) in [4.78, 5) is 12.2. The molecule has 0 bridgehead atoms. The fourth-order valence-electron chi connectivity index (χ4n) is 3.84. The molecule has 0 saturated carbocycles. The van der Waals surface area contributed by atoms with Crippen LogP contribution in [0, 0.1) is 37.8 Å². The molecule has 12 heteroatoms. The number of sulfonamides is 2. The summed E-state index contributed by atoms with van der Waals surface area (Å²) < 4.78 is 57.8. The van der Waals surface area contributed by atoms with E-state index in [-0.39, 0.29) is 31.7 Å². The molecule has 0 aromatic heterocycles. The Balaban J connectivity index is 1.86. The maximum absolute atomic E-state index is 13.3. The molecule has 0 aliphatic heterocycles. The maximum atomic E-state index is 13.3. The van der Waals surface area contributed by atoms with Gasteiger partial charge in [0.05, 0.1) is 31.0 Å². The van der Waals surface area contributed by atoms with E-state index >= 15 is 0 Å². The molecule has 4 aromatic carbocycles. The number of nitro benzene ring substituents is 1. The van der Waals surface area contributed by atoms with Crippen LogP contribution < -0.4 is 9.44 Å². The SMILES string of the molecule is Cc1ccc(S(=O)(=O)Nc2cc(Sc3ccc(C)cc3C)c([N+](=O)[O-])cc2NS(=O)(=O)c2ccc(C)cc2)cc1. The van der Waals surface area contributed by atoms with Gasteiger partial charge in [-0.1, -0.05) is 64.9 Å². The molecule has 0 unspecified atom stereocenters. The van der Waals surface area contributed by atoms with Gasteiger partial charge in [-0.25, -0.2) is 16.8 Å². The van der Waals surface area contributed by atoms with Crippen molar-refractivity contribution in [3.8, 4) is 0 Å². The normalized spacial score (nSPS) is 11.7. The number of anilines is 2. The smallest absolute Gasteiger partial charge is 0.277 e. The van der Waals surface area contributed by atoms with Gasteiger partial charge in [0.1, 0.15) is 0 Å². The Hall–Kier alpha value is -3.87. The van der Waals surface area contributed by atoms with Crippen molar-refractivity contribution in [3.05, 3.63) is 111 Å². The zero-order chi connectivity index (χ0) is 29.2. The van der Waals surface area contributed by atoms with Crippen molar-refractivity contribution in [3.63, 3.8) is 0 Å². The molecule has 0 aliphatic rings. The van der Waals surface area contributed by atoms with Crippen LogP contribution in [0.4, 0.5) is 17.1 Å². The number of aryl methyl sites for hydroxylation is 4. The first-order valence-electron chi connectivity index (χ1n) is 12.0. The average molecular weight is 598 g/mol. The number of hydrogen-bond donors (Lipinski definition) is 2. The molecule has 0 fully saturated rings. The van der Waals surface area contributed by atoms with Crippen LogP contribution in [0.5, 0.6) is 0 Å². The minimum atomic E-state index is -4.22. The Morgan fingerprint density at radius 1 is 0.625 bits per heavy atom. The minimum Gasteiger partial charge on any atom is -0.277 e. The molecular weight excluding hydrogens is 571 g/mol. The molecule has 2 N–H and O–H groups in total. The van der Waals surface area contributed by atoms with Gasteiger partial charge in [0.2, 0.25) is 0 Å². The third kappa shape index (κ3) is 6.64. The molecule has 208 valence electrons. The maximum Gasteiger partial charge on any atom is 0.285 e. The third-order valence-corrected chi connectivity index (χ3v) is 9.99. The van der Waals surface area contributed by atoms with Crippen molar-refractivity contribution in [2.45, 2.75) is 47.3 Å². The van der Waals surface area contributed by atoms with Gasteiger partial charge in [-0.3, -0.25) is 19.6 Å². The lowest BCUT2D eigenvalue weighted by Crippen LogP contribution is -2.18. The Morgan fingerprint density at radius 2 is 1.07 bits per heavy atom. The second-order valence-corrected chi connectivity index (χ2v) is 13.8. The molecule has 0 atom stereocenters. The summed E-state index contributed by atoms with van der Waals surface area (Å²) in [6, 6.07) is 20.1. The number of nitro groups is 1.